The summed E-state index contributed by atoms with van der Waals surface area (Å²) in [5, 5.41) is 0. The first-order chi connectivity index (χ1) is 9.64. The molecule has 0 unspecified atom stereocenters. The van der Waals surface area contributed by atoms with E-state index in [1.165, 1.54) is 12.1 Å². The average molecular weight is 371 g/mol. The fourth-order valence-electron chi connectivity index (χ4n) is 1.50. The van der Waals surface area contributed by atoms with Crippen molar-refractivity contribution in [1.82, 2.24) is 4.90 Å². The lowest BCUT2D eigenvalue weighted by Gasteiger charge is -2.25. The molecule has 1 aromatic carbocycles. The summed E-state index contributed by atoms with van der Waals surface area (Å²) in [6.45, 7) is -1.31. The molecular weight excluding hydrogens is 360 g/mol. The van der Waals surface area contributed by atoms with Crippen LogP contribution < -0.4 is 5.73 Å². The topological polar surface area (TPSA) is 63.4 Å². The van der Waals surface area contributed by atoms with Crippen molar-refractivity contribution in [3.05, 3.63) is 34.3 Å². The highest BCUT2D eigenvalue weighted by atomic mass is 79.9. The summed E-state index contributed by atoms with van der Waals surface area (Å²) < 4.78 is 51.4. The van der Waals surface area contributed by atoms with Crippen molar-refractivity contribution in [2.75, 3.05) is 6.54 Å². The van der Waals surface area contributed by atoms with E-state index >= 15 is 0 Å². The number of nitrogens with two attached hydrogens (primary N) is 1. The smallest absolute Gasteiger partial charge is 0.368 e. The van der Waals surface area contributed by atoms with Gasteiger partial charge < -0.3 is 10.6 Å². The molecule has 0 aliphatic carbocycles. The van der Waals surface area contributed by atoms with Crippen LogP contribution in [0.25, 0.3) is 0 Å². The molecule has 9 heteroatoms. The molecule has 4 nitrogen and oxygen atoms in total. The van der Waals surface area contributed by atoms with E-state index in [9.17, 15) is 27.2 Å². The van der Waals surface area contributed by atoms with Crippen LogP contribution in [0.4, 0.5) is 17.6 Å². The molecule has 0 aliphatic heterocycles. The summed E-state index contributed by atoms with van der Waals surface area (Å²) in [5.41, 5.74) is 5.24. The maximum absolute atomic E-state index is 13.1. The van der Waals surface area contributed by atoms with Crippen molar-refractivity contribution >= 4 is 27.7 Å². The van der Waals surface area contributed by atoms with Gasteiger partial charge in [-0.25, -0.2) is 8.78 Å². The zero-order valence-corrected chi connectivity index (χ0v) is 12.1. The van der Waals surface area contributed by atoms with Gasteiger partial charge in [-0.15, -0.1) is 0 Å². The summed E-state index contributed by atoms with van der Waals surface area (Å²) in [5.74, 6) is -8.09. The minimum atomic E-state index is -4.87. The van der Waals surface area contributed by atoms with Crippen LogP contribution in [0.3, 0.4) is 0 Å². The average Bonchev–Trinajstić information content (AvgIpc) is 2.39. The Labute approximate surface area is 126 Å². The molecule has 0 radical (unpaired) electrons. The molecule has 1 aromatic rings. The van der Waals surface area contributed by atoms with E-state index in [0.717, 1.165) is 0 Å². The number of carbonyl (C=O) groups excluding carboxylic acids is 2. The normalized spacial score (nSPS) is 11.5. The number of benzene rings is 1. The third-order valence-electron chi connectivity index (χ3n) is 2.48. The Morgan fingerprint density at radius 3 is 2.19 bits per heavy atom. The third kappa shape index (κ3) is 4.69. The van der Waals surface area contributed by atoms with Gasteiger partial charge in [0.15, 0.2) is 0 Å². The number of rotatable bonds is 6. The minimum Gasteiger partial charge on any atom is -0.368 e. The highest BCUT2D eigenvalue weighted by Gasteiger charge is 2.51. The van der Waals surface area contributed by atoms with Crippen LogP contribution in [0.1, 0.15) is 5.56 Å². The van der Waals surface area contributed by atoms with Crippen LogP contribution in [0, 0.1) is 0 Å². The Morgan fingerprint density at radius 1 is 1.24 bits per heavy atom. The number of primary amides is 1. The number of carbonyl (C=O) groups is 2. The Morgan fingerprint density at radius 2 is 1.76 bits per heavy atom. The van der Waals surface area contributed by atoms with Gasteiger partial charge in [0.05, 0.1) is 6.54 Å². The lowest BCUT2D eigenvalue weighted by atomic mass is 10.2. The first-order valence-corrected chi connectivity index (χ1v) is 6.42. The second-order valence-electron chi connectivity index (χ2n) is 4.18. The molecule has 0 atom stereocenters. The molecule has 0 saturated carbocycles. The van der Waals surface area contributed by atoms with E-state index in [-0.39, 0.29) is 0 Å². The SMILES string of the molecule is NC(=O)CN(Cc1ccc(Br)cc1)C(=O)C(F)(F)C(F)F. The van der Waals surface area contributed by atoms with E-state index < -0.39 is 37.3 Å². The standard InChI is InChI=1S/C12H11BrF4N2O2/c13-8-3-1-7(2-4-8)5-19(6-9(18)20)11(21)12(16,17)10(14)15/h1-4,10H,5-6H2,(H2,18,20). The zero-order valence-electron chi connectivity index (χ0n) is 10.5. The number of hydrogen-bond acceptors (Lipinski definition) is 2. The third-order valence-corrected chi connectivity index (χ3v) is 3.01. The Hall–Kier alpha value is -1.64. The van der Waals surface area contributed by atoms with Crippen molar-refractivity contribution in [2.24, 2.45) is 5.73 Å². The zero-order chi connectivity index (χ0) is 16.2. The van der Waals surface area contributed by atoms with Crippen LogP contribution >= 0.6 is 15.9 Å². The molecule has 2 N–H and O–H groups in total. The van der Waals surface area contributed by atoms with Gasteiger partial charge in [-0.2, -0.15) is 8.78 Å². The van der Waals surface area contributed by atoms with Crippen LogP contribution in [0.15, 0.2) is 28.7 Å². The maximum Gasteiger partial charge on any atom is 0.383 e. The molecule has 0 fully saturated rings. The van der Waals surface area contributed by atoms with Gasteiger partial charge in [-0.05, 0) is 17.7 Å². The van der Waals surface area contributed by atoms with Crippen molar-refractivity contribution in [1.29, 1.82) is 0 Å². The summed E-state index contributed by atoms with van der Waals surface area (Å²) >= 11 is 3.16. The second kappa shape index (κ2) is 6.88. The van der Waals surface area contributed by atoms with Crippen molar-refractivity contribution < 1.29 is 27.2 Å². The van der Waals surface area contributed by atoms with Crippen LogP contribution in [-0.2, 0) is 16.1 Å². The number of alkyl halides is 4. The van der Waals surface area contributed by atoms with E-state index in [1.54, 1.807) is 12.1 Å². The van der Waals surface area contributed by atoms with Crippen LogP contribution in [0.2, 0.25) is 0 Å². The first-order valence-electron chi connectivity index (χ1n) is 5.62. The molecule has 0 aromatic heterocycles. The predicted octanol–water partition coefficient (Wildman–Crippen LogP) is 2.16. The van der Waals surface area contributed by atoms with Gasteiger partial charge in [0.1, 0.15) is 0 Å². The van der Waals surface area contributed by atoms with E-state index in [4.69, 9.17) is 5.73 Å². The first kappa shape index (κ1) is 17.4. The number of nitrogens with zero attached hydrogens (tertiary/aromatic N) is 1. The van der Waals surface area contributed by atoms with Gasteiger partial charge in [-0.3, -0.25) is 9.59 Å². The van der Waals surface area contributed by atoms with Crippen molar-refractivity contribution in [3.63, 3.8) is 0 Å². The number of amides is 2. The molecule has 116 valence electrons. The molecule has 0 spiro atoms. The van der Waals surface area contributed by atoms with Gasteiger partial charge in [0, 0.05) is 11.0 Å². The Bertz CT molecular complexity index is 522. The molecule has 2 amide bonds. The van der Waals surface area contributed by atoms with Gasteiger partial charge in [0.25, 0.3) is 5.91 Å². The molecular formula is C12H11BrF4N2O2. The van der Waals surface area contributed by atoms with Crippen molar-refractivity contribution in [2.45, 2.75) is 18.9 Å². The molecule has 0 heterocycles. The highest BCUT2D eigenvalue weighted by Crippen LogP contribution is 2.26. The molecule has 1 rings (SSSR count). The quantitative estimate of drug-likeness (QED) is 0.780. The number of hydrogen-bond donors (Lipinski definition) is 1. The van der Waals surface area contributed by atoms with E-state index in [0.29, 0.717) is 14.9 Å². The Balaban J connectivity index is 2.97. The van der Waals surface area contributed by atoms with Crippen LogP contribution in [0.5, 0.6) is 0 Å². The summed E-state index contributed by atoms with van der Waals surface area (Å²) in [6, 6.07) is 6.14. The van der Waals surface area contributed by atoms with Crippen molar-refractivity contribution in [3.8, 4) is 0 Å². The molecule has 0 aliphatic rings. The largest absolute Gasteiger partial charge is 0.383 e. The van der Waals surface area contributed by atoms with E-state index in [2.05, 4.69) is 15.9 Å². The van der Waals surface area contributed by atoms with Crippen LogP contribution in [-0.4, -0.2) is 35.6 Å². The highest BCUT2D eigenvalue weighted by molar-refractivity contribution is 9.10. The number of halogens is 5. The van der Waals surface area contributed by atoms with Gasteiger partial charge in [0.2, 0.25) is 5.91 Å². The molecule has 0 saturated heterocycles. The Kier molecular flexibility index (Phi) is 5.70. The predicted molar refractivity (Wildman–Crippen MR) is 69.7 cm³/mol. The van der Waals surface area contributed by atoms with Gasteiger partial charge in [-0.1, -0.05) is 28.1 Å². The molecule has 0 bridgehead atoms. The fraction of sp³-hybridized carbons (Fsp3) is 0.333. The summed E-state index contributed by atoms with van der Waals surface area (Å²) in [6.07, 6.45) is -4.16. The second-order valence-corrected chi connectivity index (χ2v) is 5.09. The monoisotopic (exact) mass is 370 g/mol. The van der Waals surface area contributed by atoms with Gasteiger partial charge >= 0.3 is 12.3 Å². The lowest BCUT2D eigenvalue weighted by Crippen LogP contribution is -2.49. The lowest BCUT2D eigenvalue weighted by molar-refractivity contribution is -0.181. The van der Waals surface area contributed by atoms with E-state index in [1.807, 2.05) is 0 Å². The molecule has 21 heavy (non-hydrogen) atoms. The maximum atomic E-state index is 13.1. The summed E-state index contributed by atoms with van der Waals surface area (Å²) in [7, 11) is 0. The fourth-order valence-corrected chi connectivity index (χ4v) is 1.77. The minimum absolute atomic E-state index is 0.303. The summed E-state index contributed by atoms with van der Waals surface area (Å²) in [4.78, 5) is 22.6.